The molecule has 0 radical (unpaired) electrons. The first-order valence-corrected chi connectivity index (χ1v) is 8.89. The van der Waals surface area contributed by atoms with Crippen molar-refractivity contribution in [1.82, 2.24) is 16.0 Å². The van der Waals surface area contributed by atoms with Gasteiger partial charge in [0.05, 0.1) is 0 Å². The molecule has 5 nitrogen and oxygen atoms in total. The lowest BCUT2D eigenvalue weighted by Gasteiger charge is -2.19. The van der Waals surface area contributed by atoms with E-state index < -0.39 is 0 Å². The van der Waals surface area contributed by atoms with Crippen molar-refractivity contribution in [3.8, 4) is 0 Å². The number of halogens is 1. The van der Waals surface area contributed by atoms with Crippen LogP contribution in [0.1, 0.15) is 45.1 Å². The molecule has 0 heterocycles. The lowest BCUT2D eigenvalue weighted by Crippen LogP contribution is -2.43. The van der Waals surface area contributed by atoms with E-state index in [2.05, 4.69) is 58.2 Å². The maximum Gasteiger partial charge on any atom is 0.221 e. The summed E-state index contributed by atoms with van der Waals surface area (Å²) in [7, 11) is 1.76. The van der Waals surface area contributed by atoms with E-state index in [9.17, 15) is 4.79 Å². The summed E-state index contributed by atoms with van der Waals surface area (Å²) in [5, 5.41) is 9.59. The normalized spacial score (nSPS) is 16.4. The van der Waals surface area contributed by atoms with Crippen LogP contribution in [-0.2, 0) is 10.2 Å². The van der Waals surface area contributed by atoms with E-state index in [1.165, 1.54) is 18.4 Å². The Balaban J connectivity index is 0.00000312. The van der Waals surface area contributed by atoms with Gasteiger partial charge in [0.2, 0.25) is 5.91 Å². The third kappa shape index (κ3) is 6.84. The molecule has 0 aromatic heterocycles. The average Bonchev–Trinajstić information content (AvgIpc) is 3.39. The zero-order valence-corrected chi connectivity index (χ0v) is 17.8. The van der Waals surface area contributed by atoms with Crippen molar-refractivity contribution in [2.24, 2.45) is 4.99 Å². The summed E-state index contributed by atoms with van der Waals surface area (Å²) >= 11 is 0. The number of nitrogens with zero attached hydrogens (tertiary/aromatic N) is 1. The van der Waals surface area contributed by atoms with E-state index in [4.69, 9.17) is 0 Å². The summed E-state index contributed by atoms with van der Waals surface area (Å²) in [6.45, 7) is 5.54. The predicted molar refractivity (Wildman–Crippen MR) is 115 cm³/mol. The topological polar surface area (TPSA) is 65.5 Å². The highest BCUT2D eigenvalue weighted by Crippen LogP contribution is 2.47. The molecular formula is C19H31IN4O. The fourth-order valence-electron chi connectivity index (χ4n) is 2.73. The zero-order valence-electron chi connectivity index (χ0n) is 15.5. The summed E-state index contributed by atoms with van der Waals surface area (Å²) in [4.78, 5) is 16.0. The second kappa shape index (κ2) is 10.6. The van der Waals surface area contributed by atoms with E-state index in [0.29, 0.717) is 13.0 Å². The minimum Gasteiger partial charge on any atom is -0.356 e. The third-order valence-corrected chi connectivity index (χ3v) is 4.72. The van der Waals surface area contributed by atoms with Gasteiger partial charge in [0.25, 0.3) is 0 Å². The SMILES string of the molecule is CCC(C)NC(=O)CCNC(=NC)NCC1(c2ccccc2)CC1.I. The number of benzene rings is 1. The number of hydrogen-bond acceptors (Lipinski definition) is 2. The van der Waals surface area contributed by atoms with E-state index >= 15 is 0 Å². The summed E-state index contributed by atoms with van der Waals surface area (Å²) in [5.41, 5.74) is 1.63. The molecule has 0 bridgehead atoms. The first-order valence-electron chi connectivity index (χ1n) is 8.89. The maximum absolute atomic E-state index is 11.8. The lowest BCUT2D eigenvalue weighted by atomic mass is 9.96. The summed E-state index contributed by atoms with van der Waals surface area (Å²) in [6, 6.07) is 10.9. The molecule has 3 N–H and O–H groups in total. The van der Waals surface area contributed by atoms with E-state index in [0.717, 1.165) is 18.9 Å². The quantitative estimate of drug-likeness (QED) is 0.319. The standard InChI is InChI=1S/C19H30N4O.HI/c1-4-15(2)23-17(24)10-13-21-18(20-3)22-14-19(11-12-19)16-8-6-5-7-9-16;/h5-9,15H,4,10-14H2,1-3H3,(H,23,24)(H2,20,21,22);1H. The fraction of sp³-hybridized carbons (Fsp3) is 0.579. The highest BCUT2D eigenvalue weighted by Gasteiger charge is 2.43. The van der Waals surface area contributed by atoms with Gasteiger partial charge < -0.3 is 16.0 Å². The maximum atomic E-state index is 11.8. The number of hydrogen-bond donors (Lipinski definition) is 3. The molecule has 1 amide bonds. The van der Waals surface area contributed by atoms with E-state index in [1.54, 1.807) is 7.05 Å². The van der Waals surface area contributed by atoms with Crippen LogP contribution in [0.3, 0.4) is 0 Å². The Labute approximate surface area is 168 Å². The minimum absolute atomic E-state index is 0. The van der Waals surface area contributed by atoms with Crippen LogP contribution in [0.5, 0.6) is 0 Å². The van der Waals surface area contributed by atoms with Crippen LogP contribution in [-0.4, -0.2) is 38.0 Å². The molecule has 0 saturated heterocycles. The van der Waals surface area contributed by atoms with Crippen molar-refractivity contribution < 1.29 is 4.79 Å². The second-order valence-corrected chi connectivity index (χ2v) is 6.63. The predicted octanol–water partition coefficient (Wildman–Crippen LogP) is 2.81. The number of nitrogens with one attached hydrogen (secondary N) is 3. The number of amides is 1. The summed E-state index contributed by atoms with van der Waals surface area (Å²) in [5.74, 6) is 0.837. The summed E-state index contributed by atoms with van der Waals surface area (Å²) < 4.78 is 0. The van der Waals surface area contributed by atoms with Crippen LogP contribution < -0.4 is 16.0 Å². The third-order valence-electron chi connectivity index (χ3n) is 4.72. The van der Waals surface area contributed by atoms with Crippen LogP contribution in [0.2, 0.25) is 0 Å². The molecule has 6 heteroatoms. The van der Waals surface area contributed by atoms with Gasteiger partial charge in [-0.05, 0) is 31.7 Å². The number of carbonyl (C=O) groups excluding carboxylic acids is 1. The number of carbonyl (C=O) groups is 1. The van der Waals surface area contributed by atoms with Crippen LogP contribution in [0.25, 0.3) is 0 Å². The molecule has 1 aliphatic carbocycles. The van der Waals surface area contributed by atoms with Gasteiger partial charge in [-0.3, -0.25) is 9.79 Å². The molecule has 1 aliphatic rings. The Hall–Kier alpha value is -1.31. The van der Waals surface area contributed by atoms with Crippen molar-refractivity contribution in [3.05, 3.63) is 35.9 Å². The number of guanidine groups is 1. The molecule has 1 unspecified atom stereocenters. The Morgan fingerprint density at radius 1 is 1.24 bits per heavy atom. The molecule has 0 aliphatic heterocycles. The van der Waals surface area contributed by atoms with Gasteiger partial charge in [-0.25, -0.2) is 0 Å². The Morgan fingerprint density at radius 2 is 1.92 bits per heavy atom. The van der Waals surface area contributed by atoms with Gasteiger partial charge in [-0.1, -0.05) is 37.3 Å². The molecule has 140 valence electrons. The van der Waals surface area contributed by atoms with Crippen molar-refractivity contribution >= 4 is 35.8 Å². The smallest absolute Gasteiger partial charge is 0.221 e. The molecule has 1 aromatic carbocycles. The van der Waals surface area contributed by atoms with Gasteiger partial charge in [0.15, 0.2) is 5.96 Å². The molecular weight excluding hydrogens is 427 g/mol. The Kier molecular flexibility index (Phi) is 9.24. The van der Waals surface area contributed by atoms with Gasteiger partial charge in [-0.2, -0.15) is 0 Å². The van der Waals surface area contributed by atoms with Crippen LogP contribution in [0, 0.1) is 0 Å². The highest BCUT2D eigenvalue weighted by atomic mass is 127. The highest BCUT2D eigenvalue weighted by molar-refractivity contribution is 14.0. The minimum atomic E-state index is 0. The van der Waals surface area contributed by atoms with E-state index in [1.807, 2.05) is 6.92 Å². The Bertz CT molecular complexity index is 558. The Morgan fingerprint density at radius 3 is 2.48 bits per heavy atom. The average molecular weight is 458 g/mol. The van der Waals surface area contributed by atoms with Crippen molar-refractivity contribution in [2.45, 2.75) is 51.0 Å². The fourth-order valence-corrected chi connectivity index (χ4v) is 2.73. The molecule has 1 fully saturated rings. The van der Waals surface area contributed by atoms with Crippen molar-refractivity contribution in [1.29, 1.82) is 0 Å². The monoisotopic (exact) mass is 458 g/mol. The number of aliphatic imine (C=N–C) groups is 1. The molecule has 1 saturated carbocycles. The zero-order chi connectivity index (χ0) is 17.4. The second-order valence-electron chi connectivity index (χ2n) is 6.63. The first-order chi connectivity index (χ1) is 11.6. The van der Waals surface area contributed by atoms with Crippen LogP contribution in [0.4, 0.5) is 0 Å². The van der Waals surface area contributed by atoms with Gasteiger partial charge in [-0.15, -0.1) is 24.0 Å². The van der Waals surface area contributed by atoms with E-state index in [-0.39, 0.29) is 41.3 Å². The van der Waals surface area contributed by atoms with Gasteiger partial charge in [0.1, 0.15) is 0 Å². The molecule has 2 rings (SSSR count). The van der Waals surface area contributed by atoms with Gasteiger partial charge >= 0.3 is 0 Å². The van der Waals surface area contributed by atoms with Gasteiger partial charge in [0, 0.05) is 38.0 Å². The summed E-state index contributed by atoms with van der Waals surface area (Å²) in [6.07, 6.45) is 3.81. The molecule has 1 aromatic rings. The lowest BCUT2D eigenvalue weighted by molar-refractivity contribution is -0.121. The number of rotatable bonds is 8. The van der Waals surface area contributed by atoms with Crippen LogP contribution in [0.15, 0.2) is 35.3 Å². The first kappa shape index (κ1) is 21.7. The largest absolute Gasteiger partial charge is 0.356 e. The molecule has 25 heavy (non-hydrogen) atoms. The molecule has 1 atom stereocenters. The van der Waals surface area contributed by atoms with Crippen molar-refractivity contribution in [3.63, 3.8) is 0 Å². The molecule has 0 spiro atoms. The van der Waals surface area contributed by atoms with Crippen molar-refractivity contribution in [2.75, 3.05) is 20.1 Å². The van der Waals surface area contributed by atoms with Crippen LogP contribution >= 0.6 is 24.0 Å².